The van der Waals surface area contributed by atoms with Gasteiger partial charge in [0.15, 0.2) is 0 Å². The molecule has 2 rings (SSSR count). The van der Waals surface area contributed by atoms with E-state index in [1.54, 1.807) is 23.4 Å². The Morgan fingerprint density at radius 1 is 1.29 bits per heavy atom. The molecule has 1 heterocycles. The van der Waals surface area contributed by atoms with Crippen LogP contribution in [0.3, 0.4) is 0 Å². The molecule has 1 aromatic heterocycles. The van der Waals surface area contributed by atoms with Gasteiger partial charge in [0.1, 0.15) is 0 Å². The predicted octanol–water partition coefficient (Wildman–Crippen LogP) is 2.42. The van der Waals surface area contributed by atoms with Gasteiger partial charge in [-0.2, -0.15) is 0 Å². The fraction of sp³-hybridized carbons (Fsp3) is 0.250. The molecule has 5 heteroatoms. The third kappa shape index (κ3) is 4.29. The zero-order valence-electron chi connectivity index (χ0n) is 12.0. The minimum atomic E-state index is -0.234. The normalized spacial score (nSPS) is 10.2. The van der Waals surface area contributed by atoms with E-state index in [-0.39, 0.29) is 19.2 Å². The summed E-state index contributed by atoms with van der Waals surface area (Å²) in [6.45, 7) is 2.55. The van der Waals surface area contributed by atoms with Gasteiger partial charge in [-0.25, -0.2) is 4.79 Å². The molecule has 0 atom stereocenters. The van der Waals surface area contributed by atoms with E-state index in [1.807, 2.05) is 37.3 Å². The first-order valence-electron chi connectivity index (χ1n) is 6.82. The van der Waals surface area contributed by atoms with Gasteiger partial charge in [0, 0.05) is 31.2 Å². The first kappa shape index (κ1) is 15.0. The second-order valence-corrected chi connectivity index (χ2v) is 4.75. The highest BCUT2D eigenvalue weighted by atomic mass is 16.3. The average molecular weight is 285 g/mol. The summed E-state index contributed by atoms with van der Waals surface area (Å²) in [7, 11) is 0. The standard InChI is InChI=1S/C16H19N3O2/c1-13-11-17-8-7-15(13)18-16(21)19(9-10-20)12-14-5-3-2-4-6-14/h2-8,11,20H,9-10,12H2,1H3,(H,17,18,21). The van der Waals surface area contributed by atoms with Crippen molar-refractivity contribution in [2.24, 2.45) is 0 Å². The van der Waals surface area contributed by atoms with Crippen LogP contribution in [0.1, 0.15) is 11.1 Å². The van der Waals surface area contributed by atoms with E-state index in [9.17, 15) is 4.79 Å². The van der Waals surface area contributed by atoms with Crippen LogP contribution in [0.2, 0.25) is 0 Å². The molecule has 0 aliphatic heterocycles. The lowest BCUT2D eigenvalue weighted by Crippen LogP contribution is -2.36. The third-order valence-corrected chi connectivity index (χ3v) is 3.14. The molecular weight excluding hydrogens is 266 g/mol. The Labute approximate surface area is 124 Å². The van der Waals surface area contributed by atoms with E-state index in [1.165, 1.54) is 0 Å². The number of carbonyl (C=O) groups excluding carboxylic acids is 1. The average Bonchev–Trinajstić information content (AvgIpc) is 2.50. The van der Waals surface area contributed by atoms with Gasteiger partial charge in [0.25, 0.3) is 0 Å². The summed E-state index contributed by atoms with van der Waals surface area (Å²) in [4.78, 5) is 17.9. The Morgan fingerprint density at radius 2 is 2.05 bits per heavy atom. The largest absolute Gasteiger partial charge is 0.395 e. The molecule has 0 spiro atoms. The molecule has 0 fully saturated rings. The van der Waals surface area contributed by atoms with E-state index in [4.69, 9.17) is 5.11 Å². The fourth-order valence-electron chi connectivity index (χ4n) is 1.98. The van der Waals surface area contributed by atoms with Crippen molar-refractivity contribution in [3.8, 4) is 0 Å². The lowest BCUT2D eigenvalue weighted by Gasteiger charge is -2.22. The highest BCUT2D eigenvalue weighted by Gasteiger charge is 2.14. The van der Waals surface area contributed by atoms with E-state index < -0.39 is 0 Å². The molecule has 0 aliphatic carbocycles. The number of urea groups is 1. The number of hydrogen-bond donors (Lipinski definition) is 2. The first-order chi connectivity index (χ1) is 10.2. The van der Waals surface area contributed by atoms with Crippen LogP contribution in [0.15, 0.2) is 48.8 Å². The van der Waals surface area contributed by atoms with Gasteiger partial charge in [-0.1, -0.05) is 30.3 Å². The highest BCUT2D eigenvalue weighted by Crippen LogP contribution is 2.13. The zero-order chi connectivity index (χ0) is 15.1. The lowest BCUT2D eigenvalue weighted by molar-refractivity contribution is 0.185. The zero-order valence-corrected chi connectivity index (χ0v) is 12.0. The number of nitrogens with zero attached hydrogens (tertiary/aromatic N) is 2. The minimum absolute atomic E-state index is 0.0738. The molecule has 0 aliphatic rings. The molecule has 0 bridgehead atoms. The number of aliphatic hydroxyl groups is 1. The highest BCUT2D eigenvalue weighted by molar-refractivity contribution is 5.90. The number of aryl methyl sites for hydroxylation is 1. The maximum Gasteiger partial charge on any atom is 0.322 e. The Hall–Kier alpha value is -2.40. The Bertz CT molecular complexity index is 587. The maximum atomic E-state index is 12.3. The molecule has 1 aromatic carbocycles. The molecule has 2 amide bonds. The van der Waals surface area contributed by atoms with Crippen molar-refractivity contribution >= 4 is 11.7 Å². The van der Waals surface area contributed by atoms with Crippen LogP contribution in [-0.2, 0) is 6.54 Å². The molecular formula is C16H19N3O2. The molecule has 2 aromatic rings. The van der Waals surface area contributed by atoms with Crippen LogP contribution in [0.5, 0.6) is 0 Å². The number of pyridine rings is 1. The van der Waals surface area contributed by atoms with Crippen molar-refractivity contribution in [2.75, 3.05) is 18.5 Å². The van der Waals surface area contributed by atoms with Gasteiger partial charge in [0.2, 0.25) is 0 Å². The van der Waals surface area contributed by atoms with Crippen molar-refractivity contribution in [2.45, 2.75) is 13.5 Å². The van der Waals surface area contributed by atoms with Crippen LogP contribution < -0.4 is 5.32 Å². The Balaban J connectivity index is 2.07. The van der Waals surface area contributed by atoms with Crippen molar-refractivity contribution in [3.05, 3.63) is 59.9 Å². The number of amides is 2. The molecule has 0 saturated carbocycles. The van der Waals surface area contributed by atoms with E-state index >= 15 is 0 Å². The summed E-state index contributed by atoms with van der Waals surface area (Å²) < 4.78 is 0. The SMILES string of the molecule is Cc1cnccc1NC(=O)N(CCO)Cc1ccccc1. The molecule has 21 heavy (non-hydrogen) atoms. The summed E-state index contributed by atoms with van der Waals surface area (Å²) in [5.41, 5.74) is 2.65. The van der Waals surface area contributed by atoms with Crippen LogP contribution in [0.4, 0.5) is 10.5 Å². The summed E-state index contributed by atoms with van der Waals surface area (Å²) in [6.07, 6.45) is 3.33. The molecule has 5 nitrogen and oxygen atoms in total. The lowest BCUT2D eigenvalue weighted by atomic mass is 10.2. The summed E-state index contributed by atoms with van der Waals surface area (Å²) >= 11 is 0. The monoisotopic (exact) mass is 285 g/mol. The Kier molecular flexibility index (Phi) is 5.29. The van der Waals surface area contributed by atoms with Gasteiger partial charge in [-0.15, -0.1) is 0 Å². The fourth-order valence-corrected chi connectivity index (χ4v) is 1.98. The smallest absolute Gasteiger partial charge is 0.322 e. The van der Waals surface area contributed by atoms with Gasteiger partial charge in [0.05, 0.1) is 6.61 Å². The number of benzene rings is 1. The predicted molar refractivity (Wildman–Crippen MR) is 81.9 cm³/mol. The van der Waals surface area contributed by atoms with Crippen molar-refractivity contribution in [1.82, 2.24) is 9.88 Å². The molecule has 0 unspecified atom stereocenters. The maximum absolute atomic E-state index is 12.3. The summed E-state index contributed by atoms with van der Waals surface area (Å²) in [5, 5.41) is 12.0. The van der Waals surface area contributed by atoms with Crippen molar-refractivity contribution < 1.29 is 9.90 Å². The van der Waals surface area contributed by atoms with Crippen molar-refractivity contribution in [1.29, 1.82) is 0 Å². The first-order valence-corrected chi connectivity index (χ1v) is 6.82. The summed E-state index contributed by atoms with van der Waals surface area (Å²) in [6, 6.07) is 11.2. The number of hydrogen-bond acceptors (Lipinski definition) is 3. The third-order valence-electron chi connectivity index (χ3n) is 3.14. The minimum Gasteiger partial charge on any atom is -0.395 e. The van der Waals surface area contributed by atoms with Crippen LogP contribution in [0.25, 0.3) is 0 Å². The van der Waals surface area contributed by atoms with Gasteiger partial charge < -0.3 is 15.3 Å². The van der Waals surface area contributed by atoms with Crippen LogP contribution in [-0.4, -0.2) is 34.2 Å². The second-order valence-electron chi connectivity index (χ2n) is 4.75. The number of aliphatic hydroxyl groups excluding tert-OH is 1. The number of carbonyl (C=O) groups is 1. The Morgan fingerprint density at radius 3 is 2.71 bits per heavy atom. The van der Waals surface area contributed by atoms with E-state index in [2.05, 4.69) is 10.3 Å². The summed E-state index contributed by atoms with van der Waals surface area (Å²) in [5.74, 6) is 0. The molecule has 2 N–H and O–H groups in total. The van der Waals surface area contributed by atoms with Gasteiger partial charge in [-0.3, -0.25) is 4.98 Å². The number of aromatic nitrogens is 1. The quantitative estimate of drug-likeness (QED) is 0.886. The van der Waals surface area contributed by atoms with Crippen LogP contribution >= 0.6 is 0 Å². The second kappa shape index (κ2) is 7.40. The number of nitrogens with one attached hydrogen (secondary N) is 1. The van der Waals surface area contributed by atoms with Crippen molar-refractivity contribution in [3.63, 3.8) is 0 Å². The molecule has 0 radical (unpaired) electrons. The van der Waals surface area contributed by atoms with Crippen LogP contribution in [0, 0.1) is 6.92 Å². The van der Waals surface area contributed by atoms with E-state index in [0.29, 0.717) is 6.54 Å². The van der Waals surface area contributed by atoms with E-state index in [0.717, 1.165) is 16.8 Å². The number of anilines is 1. The molecule has 0 saturated heterocycles. The molecule has 110 valence electrons. The van der Waals surface area contributed by atoms with Gasteiger partial charge in [-0.05, 0) is 24.1 Å². The topological polar surface area (TPSA) is 65.5 Å². The number of rotatable bonds is 5. The van der Waals surface area contributed by atoms with Gasteiger partial charge >= 0.3 is 6.03 Å².